The zero-order valence-electron chi connectivity index (χ0n) is 17.6. The van der Waals surface area contributed by atoms with Crippen molar-refractivity contribution in [3.05, 3.63) is 82.9 Å². The Kier molecular flexibility index (Phi) is 7.56. The number of halogens is 4. The summed E-state index contributed by atoms with van der Waals surface area (Å²) in [6.45, 7) is -0.466. The van der Waals surface area contributed by atoms with Gasteiger partial charge in [-0.2, -0.15) is 13.2 Å². The highest BCUT2D eigenvalue weighted by Crippen LogP contribution is 2.32. The van der Waals surface area contributed by atoms with Crippen molar-refractivity contribution in [3.8, 4) is 5.75 Å². The summed E-state index contributed by atoms with van der Waals surface area (Å²) in [5.74, 6) is -1.17. The van der Waals surface area contributed by atoms with Gasteiger partial charge in [0.1, 0.15) is 5.75 Å². The molecule has 0 fully saturated rings. The molecule has 0 saturated carbocycles. The minimum atomic E-state index is -4.64. The standard InChI is InChI=1S/C22H17ClF3N3O5S/c23-18-11-17(35(32,33)29-16-3-1-2-14(10-16)22(24,25)26)8-9-19(18)34-12-20(30)28-15-6-4-13(5-7-15)21(27)31/h1-11,29H,12H2,(H2,27,31)(H,28,30). The van der Waals surface area contributed by atoms with Gasteiger partial charge in [-0.3, -0.25) is 14.3 Å². The van der Waals surface area contributed by atoms with E-state index in [4.69, 9.17) is 22.1 Å². The number of benzene rings is 3. The third-order valence-corrected chi connectivity index (χ3v) is 6.14. The molecule has 0 aromatic heterocycles. The van der Waals surface area contributed by atoms with Crippen LogP contribution in [0.15, 0.2) is 71.6 Å². The predicted molar refractivity (Wildman–Crippen MR) is 123 cm³/mol. The minimum Gasteiger partial charge on any atom is -0.482 e. The van der Waals surface area contributed by atoms with Gasteiger partial charge in [0.2, 0.25) is 5.91 Å². The van der Waals surface area contributed by atoms with E-state index in [1.165, 1.54) is 36.4 Å². The molecule has 0 heterocycles. The SMILES string of the molecule is NC(=O)c1ccc(NC(=O)COc2ccc(S(=O)(=O)Nc3cccc(C(F)(F)F)c3)cc2Cl)cc1. The topological polar surface area (TPSA) is 128 Å². The van der Waals surface area contributed by atoms with E-state index in [0.29, 0.717) is 11.8 Å². The van der Waals surface area contributed by atoms with Crippen LogP contribution in [0.2, 0.25) is 5.02 Å². The molecule has 0 atom stereocenters. The summed E-state index contributed by atoms with van der Waals surface area (Å²) in [5, 5.41) is 2.39. The van der Waals surface area contributed by atoms with Gasteiger partial charge in [0.15, 0.2) is 6.61 Å². The first-order valence-corrected chi connectivity index (χ1v) is 11.5. The lowest BCUT2D eigenvalue weighted by molar-refractivity contribution is -0.137. The molecular weight excluding hydrogens is 511 g/mol. The lowest BCUT2D eigenvalue weighted by Gasteiger charge is -2.13. The average molecular weight is 528 g/mol. The molecule has 0 bridgehead atoms. The number of amides is 2. The number of ether oxygens (including phenoxy) is 1. The first-order valence-electron chi connectivity index (χ1n) is 9.67. The van der Waals surface area contributed by atoms with Crippen LogP contribution >= 0.6 is 11.6 Å². The summed E-state index contributed by atoms with van der Waals surface area (Å²) in [4.78, 5) is 22.8. The van der Waals surface area contributed by atoms with E-state index in [9.17, 15) is 31.2 Å². The Labute approximate surface area is 202 Å². The highest BCUT2D eigenvalue weighted by molar-refractivity contribution is 7.92. The first-order chi connectivity index (χ1) is 16.3. The molecule has 0 aliphatic rings. The zero-order valence-corrected chi connectivity index (χ0v) is 19.2. The Balaban J connectivity index is 1.64. The summed E-state index contributed by atoms with van der Waals surface area (Å²) in [5.41, 5.74) is 4.51. The van der Waals surface area contributed by atoms with Crippen LogP contribution in [0.1, 0.15) is 15.9 Å². The van der Waals surface area contributed by atoms with Crippen LogP contribution in [0.25, 0.3) is 0 Å². The number of alkyl halides is 3. The van der Waals surface area contributed by atoms with Gasteiger partial charge in [-0.15, -0.1) is 0 Å². The molecule has 3 aromatic carbocycles. The summed E-state index contributed by atoms with van der Waals surface area (Å²) in [6, 6.07) is 12.9. The fourth-order valence-corrected chi connectivity index (χ4v) is 4.17. The van der Waals surface area contributed by atoms with Crippen molar-refractivity contribution in [2.75, 3.05) is 16.6 Å². The van der Waals surface area contributed by atoms with Crippen LogP contribution in [-0.2, 0) is 21.0 Å². The maximum absolute atomic E-state index is 12.9. The van der Waals surface area contributed by atoms with E-state index in [1.807, 2.05) is 0 Å². The fraction of sp³-hybridized carbons (Fsp3) is 0.0909. The van der Waals surface area contributed by atoms with Crippen molar-refractivity contribution in [3.63, 3.8) is 0 Å². The third-order valence-electron chi connectivity index (χ3n) is 4.47. The number of hydrogen-bond donors (Lipinski definition) is 3. The monoisotopic (exact) mass is 527 g/mol. The van der Waals surface area contributed by atoms with Gasteiger partial charge in [-0.1, -0.05) is 17.7 Å². The molecule has 13 heteroatoms. The molecule has 3 aromatic rings. The molecule has 8 nitrogen and oxygen atoms in total. The molecule has 184 valence electrons. The van der Waals surface area contributed by atoms with Gasteiger partial charge in [-0.05, 0) is 60.7 Å². The van der Waals surface area contributed by atoms with E-state index in [-0.39, 0.29) is 26.9 Å². The largest absolute Gasteiger partial charge is 0.482 e. The van der Waals surface area contributed by atoms with Crippen molar-refractivity contribution >= 4 is 44.8 Å². The number of nitrogens with one attached hydrogen (secondary N) is 2. The van der Waals surface area contributed by atoms with E-state index < -0.39 is 40.2 Å². The van der Waals surface area contributed by atoms with Gasteiger partial charge in [0, 0.05) is 16.9 Å². The quantitative estimate of drug-likeness (QED) is 0.403. The summed E-state index contributed by atoms with van der Waals surface area (Å²) >= 11 is 6.07. The maximum atomic E-state index is 12.9. The number of sulfonamides is 1. The second-order valence-corrected chi connectivity index (χ2v) is 9.14. The second-order valence-electron chi connectivity index (χ2n) is 7.05. The van der Waals surface area contributed by atoms with E-state index in [1.54, 1.807) is 0 Å². The first kappa shape index (κ1) is 25.8. The Bertz CT molecular complexity index is 1360. The summed E-state index contributed by atoms with van der Waals surface area (Å²) in [6.07, 6.45) is -4.64. The van der Waals surface area contributed by atoms with Crippen molar-refractivity contribution in [2.24, 2.45) is 5.73 Å². The van der Waals surface area contributed by atoms with Crippen molar-refractivity contribution in [1.82, 2.24) is 0 Å². The molecule has 2 amide bonds. The molecule has 4 N–H and O–H groups in total. The van der Waals surface area contributed by atoms with Gasteiger partial charge in [0.05, 0.1) is 15.5 Å². The number of hydrogen-bond acceptors (Lipinski definition) is 5. The Morgan fingerprint density at radius 1 is 0.971 bits per heavy atom. The average Bonchev–Trinajstić information content (AvgIpc) is 2.78. The Morgan fingerprint density at radius 2 is 1.66 bits per heavy atom. The third kappa shape index (κ3) is 6.87. The smallest absolute Gasteiger partial charge is 0.416 e. The number of carbonyl (C=O) groups is 2. The molecular formula is C22H17ClF3N3O5S. The lowest BCUT2D eigenvalue weighted by Crippen LogP contribution is -2.20. The summed E-state index contributed by atoms with van der Waals surface area (Å²) in [7, 11) is -4.27. The highest BCUT2D eigenvalue weighted by Gasteiger charge is 2.30. The van der Waals surface area contributed by atoms with Gasteiger partial charge in [0.25, 0.3) is 15.9 Å². The van der Waals surface area contributed by atoms with Gasteiger partial charge >= 0.3 is 6.18 Å². The predicted octanol–water partition coefficient (Wildman–Crippen LogP) is 4.28. The van der Waals surface area contributed by atoms with Crippen LogP contribution < -0.4 is 20.5 Å². The van der Waals surface area contributed by atoms with Crippen molar-refractivity contribution in [1.29, 1.82) is 0 Å². The summed E-state index contributed by atoms with van der Waals surface area (Å²) < 4.78 is 71.1. The van der Waals surface area contributed by atoms with Crippen LogP contribution in [0.4, 0.5) is 24.5 Å². The molecule has 0 aliphatic heterocycles. The number of primary amides is 1. The molecule has 0 radical (unpaired) electrons. The highest BCUT2D eigenvalue weighted by atomic mass is 35.5. The molecule has 0 unspecified atom stereocenters. The second kappa shape index (κ2) is 10.2. The maximum Gasteiger partial charge on any atom is 0.416 e. The van der Waals surface area contributed by atoms with Crippen LogP contribution in [0, 0.1) is 0 Å². The molecule has 0 saturated heterocycles. The minimum absolute atomic E-state index is 0.00362. The Morgan fingerprint density at radius 3 is 2.26 bits per heavy atom. The Hall–Kier alpha value is -3.77. The van der Waals surface area contributed by atoms with Crippen LogP contribution in [0.5, 0.6) is 5.75 Å². The van der Waals surface area contributed by atoms with Crippen molar-refractivity contribution < 1.29 is 35.9 Å². The molecule has 0 spiro atoms. The molecule has 3 rings (SSSR count). The number of rotatable bonds is 8. The zero-order chi connectivity index (χ0) is 25.8. The van der Waals surface area contributed by atoms with Gasteiger partial charge < -0.3 is 15.8 Å². The van der Waals surface area contributed by atoms with Crippen molar-refractivity contribution in [2.45, 2.75) is 11.1 Å². The number of carbonyl (C=O) groups excluding carboxylic acids is 2. The number of anilines is 2. The van der Waals surface area contributed by atoms with E-state index in [2.05, 4.69) is 10.0 Å². The fourth-order valence-electron chi connectivity index (χ4n) is 2.80. The van der Waals surface area contributed by atoms with E-state index >= 15 is 0 Å². The normalized spacial score (nSPS) is 11.5. The van der Waals surface area contributed by atoms with E-state index in [0.717, 1.165) is 24.3 Å². The van der Waals surface area contributed by atoms with Crippen LogP contribution in [-0.4, -0.2) is 26.8 Å². The molecule has 0 aliphatic carbocycles. The lowest BCUT2D eigenvalue weighted by atomic mass is 10.2. The number of nitrogens with two attached hydrogens (primary N) is 1. The van der Waals surface area contributed by atoms with Crippen LogP contribution in [0.3, 0.4) is 0 Å². The van der Waals surface area contributed by atoms with Gasteiger partial charge in [-0.25, -0.2) is 8.42 Å². The molecule has 35 heavy (non-hydrogen) atoms.